The standard InChI is InChI=1S/C20H28O3/c1-12-10-20-8-5-15-18(2,6-4-7-19(15,3)17(22)23)16(20)9-14(21)13(12)11-20/h9,13-15,21H,1,4-8,10-11H2,2-3H3,(H,22,23)/t13-,14?,15+,18-,19-,20-/m1/s1. The molecule has 1 unspecified atom stereocenters. The minimum Gasteiger partial charge on any atom is -0.481 e. The van der Waals surface area contributed by atoms with Crippen LogP contribution in [-0.4, -0.2) is 22.3 Å². The zero-order chi connectivity index (χ0) is 16.6. The van der Waals surface area contributed by atoms with Gasteiger partial charge in [0.25, 0.3) is 0 Å². The molecule has 126 valence electrons. The van der Waals surface area contributed by atoms with Crippen molar-refractivity contribution in [2.24, 2.45) is 28.1 Å². The highest BCUT2D eigenvalue weighted by molar-refractivity contribution is 5.75. The number of carboxylic acids is 1. The Morgan fingerprint density at radius 3 is 2.74 bits per heavy atom. The van der Waals surface area contributed by atoms with E-state index in [-0.39, 0.29) is 22.7 Å². The van der Waals surface area contributed by atoms with E-state index in [1.54, 1.807) is 0 Å². The lowest BCUT2D eigenvalue weighted by molar-refractivity contribution is -0.161. The number of carbonyl (C=O) groups is 1. The van der Waals surface area contributed by atoms with E-state index in [0.717, 1.165) is 44.9 Å². The van der Waals surface area contributed by atoms with Crippen LogP contribution in [0.3, 0.4) is 0 Å². The second-order valence-corrected chi connectivity index (χ2v) is 9.08. The Hall–Kier alpha value is -1.09. The van der Waals surface area contributed by atoms with Crippen molar-refractivity contribution in [3.8, 4) is 0 Å². The summed E-state index contributed by atoms with van der Waals surface area (Å²) in [6, 6.07) is 0. The van der Waals surface area contributed by atoms with Crippen LogP contribution in [-0.2, 0) is 4.79 Å². The summed E-state index contributed by atoms with van der Waals surface area (Å²) < 4.78 is 0. The van der Waals surface area contributed by atoms with Crippen LogP contribution < -0.4 is 0 Å². The summed E-state index contributed by atoms with van der Waals surface area (Å²) in [5.74, 6) is -0.251. The molecule has 1 spiro atoms. The first-order valence-corrected chi connectivity index (χ1v) is 9.05. The maximum absolute atomic E-state index is 12.0. The van der Waals surface area contributed by atoms with Gasteiger partial charge in [0.05, 0.1) is 11.5 Å². The van der Waals surface area contributed by atoms with E-state index in [0.29, 0.717) is 0 Å². The van der Waals surface area contributed by atoms with Gasteiger partial charge in [-0.2, -0.15) is 0 Å². The van der Waals surface area contributed by atoms with Gasteiger partial charge in [0, 0.05) is 5.92 Å². The van der Waals surface area contributed by atoms with E-state index in [2.05, 4.69) is 19.6 Å². The van der Waals surface area contributed by atoms with Gasteiger partial charge in [-0.25, -0.2) is 0 Å². The summed E-state index contributed by atoms with van der Waals surface area (Å²) in [5, 5.41) is 20.5. The molecule has 4 aliphatic rings. The molecular formula is C20H28O3. The largest absolute Gasteiger partial charge is 0.481 e. The zero-order valence-corrected chi connectivity index (χ0v) is 14.3. The van der Waals surface area contributed by atoms with E-state index >= 15 is 0 Å². The molecule has 4 aliphatic carbocycles. The Bertz CT molecular complexity index is 620. The van der Waals surface area contributed by atoms with Crippen LogP contribution in [0.25, 0.3) is 0 Å². The lowest BCUT2D eigenvalue weighted by Gasteiger charge is -2.60. The molecule has 23 heavy (non-hydrogen) atoms. The number of aliphatic hydroxyl groups is 1. The van der Waals surface area contributed by atoms with Crippen LogP contribution in [0.5, 0.6) is 0 Å². The molecule has 0 saturated heterocycles. The fourth-order valence-electron chi connectivity index (χ4n) is 6.87. The van der Waals surface area contributed by atoms with Gasteiger partial charge < -0.3 is 10.2 Å². The van der Waals surface area contributed by atoms with Crippen molar-refractivity contribution < 1.29 is 15.0 Å². The van der Waals surface area contributed by atoms with E-state index < -0.39 is 17.5 Å². The van der Waals surface area contributed by atoms with Gasteiger partial charge in [-0.05, 0) is 62.2 Å². The van der Waals surface area contributed by atoms with E-state index in [1.165, 1.54) is 11.1 Å². The first-order valence-electron chi connectivity index (χ1n) is 9.05. The van der Waals surface area contributed by atoms with Crippen LogP contribution in [0.15, 0.2) is 23.8 Å². The van der Waals surface area contributed by atoms with Crippen molar-refractivity contribution in [2.45, 2.75) is 64.9 Å². The number of aliphatic hydroxyl groups excluding tert-OH is 1. The van der Waals surface area contributed by atoms with Gasteiger partial charge in [-0.1, -0.05) is 37.1 Å². The maximum Gasteiger partial charge on any atom is 0.309 e. The van der Waals surface area contributed by atoms with Crippen molar-refractivity contribution in [2.75, 3.05) is 0 Å². The smallest absolute Gasteiger partial charge is 0.309 e. The predicted octanol–water partition coefficient (Wildman–Crippen LogP) is 3.93. The van der Waals surface area contributed by atoms with E-state index in [9.17, 15) is 15.0 Å². The molecule has 3 saturated carbocycles. The molecule has 0 aromatic rings. The Kier molecular flexibility index (Phi) is 3.02. The van der Waals surface area contributed by atoms with Gasteiger partial charge in [0.15, 0.2) is 0 Å². The van der Waals surface area contributed by atoms with Crippen LogP contribution in [0, 0.1) is 28.1 Å². The fourth-order valence-corrected chi connectivity index (χ4v) is 6.87. The van der Waals surface area contributed by atoms with Gasteiger partial charge >= 0.3 is 5.97 Å². The third-order valence-corrected chi connectivity index (χ3v) is 7.97. The minimum absolute atomic E-state index is 0.0831. The first kappa shape index (κ1) is 15.4. The molecule has 0 aliphatic heterocycles. The van der Waals surface area contributed by atoms with Crippen molar-refractivity contribution in [1.82, 2.24) is 0 Å². The lowest BCUT2D eigenvalue weighted by atomic mass is 9.44. The second kappa shape index (κ2) is 4.50. The number of fused-ring (bicyclic) bond motifs is 3. The average Bonchev–Trinajstić information content (AvgIpc) is 2.75. The number of hydrogen-bond acceptors (Lipinski definition) is 2. The topological polar surface area (TPSA) is 57.5 Å². The van der Waals surface area contributed by atoms with Crippen LogP contribution in [0.1, 0.15) is 58.8 Å². The monoisotopic (exact) mass is 316 g/mol. The molecule has 2 bridgehead atoms. The normalized spacial score (nSPS) is 51.7. The summed E-state index contributed by atoms with van der Waals surface area (Å²) in [7, 11) is 0. The molecule has 3 heteroatoms. The molecule has 0 amide bonds. The highest BCUT2D eigenvalue weighted by Gasteiger charge is 2.63. The zero-order valence-electron chi connectivity index (χ0n) is 14.3. The third kappa shape index (κ3) is 1.77. The summed E-state index contributed by atoms with van der Waals surface area (Å²) >= 11 is 0. The van der Waals surface area contributed by atoms with Crippen LogP contribution in [0.4, 0.5) is 0 Å². The summed E-state index contributed by atoms with van der Waals surface area (Å²) in [6.07, 6.45) is 8.53. The molecular weight excluding hydrogens is 288 g/mol. The Morgan fingerprint density at radius 1 is 1.30 bits per heavy atom. The molecule has 4 rings (SSSR count). The quantitative estimate of drug-likeness (QED) is 0.721. The minimum atomic E-state index is -0.643. The Morgan fingerprint density at radius 2 is 2.04 bits per heavy atom. The second-order valence-electron chi connectivity index (χ2n) is 9.08. The van der Waals surface area contributed by atoms with Gasteiger partial charge in [0.2, 0.25) is 0 Å². The van der Waals surface area contributed by atoms with Crippen LogP contribution >= 0.6 is 0 Å². The molecule has 6 atom stereocenters. The van der Waals surface area contributed by atoms with Gasteiger partial charge in [-0.15, -0.1) is 0 Å². The Labute approximate surface area is 138 Å². The maximum atomic E-state index is 12.0. The summed E-state index contributed by atoms with van der Waals surface area (Å²) in [6.45, 7) is 8.46. The summed E-state index contributed by atoms with van der Waals surface area (Å²) in [4.78, 5) is 12.0. The third-order valence-electron chi connectivity index (χ3n) is 7.97. The number of aliphatic carboxylic acids is 1. The van der Waals surface area contributed by atoms with Crippen molar-refractivity contribution in [3.05, 3.63) is 23.8 Å². The van der Waals surface area contributed by atoms with Crippen LogP contribution in [0.2, 0.25) is 0 Å². The molecule has 0 heterocycles. The molecule has 0 radical (unpaired) electrons. The lowest BCUT2D eigenvalue weighted by Crippen LogP contribution is -2.54. The highest BCUT2D eigenvalue weighted by Crippen LogP contribution is 2.70. The van der Waals surface area contributed by atoms with Crippen molar-refractivity contribution in [1.29, 1.82) is 0 Å². The van der Waals surface area contributed by atoms with Gasteiger partial charge in [-0.3, -0.25) is 4.79 Å². The molecule has 2 N–H and O–H groups in total. The number of rotatable bonds is 1. The molecule has 3 nitrogen and oxygen atoms in total. The van der Waals surface area contributed by atoms with Crippen molar-refractivity contribution in [3.63, 3.8) is 0 Å². The summed E-state index contributed by atoms with van der Waals surface area (Å²) in [5.41, 5.74) is 2.01. The van der Waals surface area contributed by atoms with Gasteiger partial charge in [0.1, 0.15) is 0 Å². The molecule has 3 fully saturated rings. The first-order chi connectivity index (χ1) is 10.7. The van der Waals surface area contributed by atoms with Crippen molar-refractivity contribution >= 4 is 5.97 Å². The highest BCUT2D eigenvalue weighted by atomic mass is 16.4. The Balaban J connectivity index is 1.83. The molecule has 0 aromatic heterocycles. The molecule has 0 aromatic carbocycles. The van der Waals surface area contributed by atoms with E-state index in [4.69, 9.17) is 0 Å². The number of allylic oxidation sites excluding steroid dienone is 1. The fraction of sp³-hybridized carbons (Fsp3) is 0.750. The average molecular weight is 316 g/mol. The predicted molar refractivity (Wildman–Crippen MR) is 88.8 cm³/mol. The SMILES string of the molecule is C=C1C[C@@]23CC[C@@H]4[C@](C)(C(=O)O)CCC[C@@]4(C)C2=CC(O)[C@@H]1C3. The number of hydrogen-bond donors (Lipinski definition) is 2. The number of carboxylic acid groups (broad SMARTS) is 1. The van der Waals surface area contributed by atoms with E-state index in [1.807, 2.05) is 6.92 Å².